The van der Waals surface area contributed by atoms with Gasteiger partial charge in [-0.25, -0.2) is 0 Å². The first-order valence-corrected chi connectivity index (χ1v) is 6.44. The highest BCUT2D eigenvalue weighted by Crippen LogP contribution is 2.24. The van der Waals surface area contributed by atoms with E-state index >= 15 is 0 Å². The minimum absolute atomic E-state index is 1.02. The molecule has 1 aliphatic carbocycles. The van der Waals surface area contributed by atoms with Gasteiger partial charge in [-0.15, -0.1) is 0 Å². The van der Waals surface area contributed by atoms with Gasteiger partial charge in [0.1, 0.15) is 0 Å². The molecule has 1 nitrogen and oxygen atoms in total. The summed E-state index contributed by atoms with van der Waals surface area (Å²) in [6.45, 7) is 1.28. The molecule has 0 radical (unpaired) electrons. The molecule has 0 spiro atoms. The Hall–Kier alpha value is -0.0400. The summed E-state index contributed by atoms with van der Waals surface area (Å²) in [7, 11) is 4.38. The molecule has 1 aliphatic rings. The van der Waals surface area contributed by atoms with Crippen LogP contribution in [-0.2, 0) is 0 Å². The molecule has 1 fully saturated rings. The van der Waals surface area contributed by atoms with Crippen LogP contribution in [0.2, 0.25) is 0 Å². The van der Waals surface area contributed by atoms with Crippen LogP contribution in [0.5, 0.6) is 0 Å². The van der Waals surface area contributed by atoms with Crippen LogP contribution in [0.3, 0.4) is 0 Å². The highest BCUT2D eigenvalue weighted by molar-refractivity contribution is 4.64. The second kappa shape index (κ2) is 7.28. The summed E-state index contributed by atoms with van der Waals surface area (Å²) in [5.41, 5.74) is 0. The standard InChI is InChI=1S/C13H27N/c1-14(2)12-11-13-9-7-5-3-4-6-8-10-13/h13H,3-12H2,1-2H3. The van der Waals surface area contributed by atoms with E-state index in [0.29, 0.717) is 0 Å². The molecule has 0 amide bonds. The summed E-state index contributed by atoms with van der Waals surface area (Å²) in [4.78, 5) is 2.33. The molecule has 14 heavy (non-hydrogen) atoms. The van der Waals surface area contributed by atoms with Gasteiger partial charge in [-0.1, -0.05) is 51.4 Å². The molecule has 1 heteroatoms. The Morgan fingerprint density at radius 3 is 1.86 bits per heavy atom. The molecule has 84 valence electrons. The lowest BCUT2D eigenvalue weighted by molar-refractivity contribution is 0.321. The summed E-state index contributed by atoms with van der Waals surface area (Å²) in [5, 5.41) is 0. The molecule has 1 rings (SSSR count). The van der Waals surface area contributed by atoms with Crippen molar-refractivity contribution in [2.45, 2.75) is 57.8 Å². The van der Waals surface area contributed by atoms with Crippen LogP contribution in [0.1, 0.15) is 57.8 Å². The minimum Gasteiger partial charge on any atom is -0.309 e. The maximum Gasteiger partial charge on any atom is -0.00222 e. The average Bonchev–Trinajstić information content (AvgIpc) is 2.27. The first kappa shape index (κ1) is 12.0. The zero-order valence-corrected chi connectivity index (χ0v) is 10.1. The van der Waals surface area contributed by atoms with Crippen molar-refractivity contribution in [2.75, 3.05) is 20.6 Å². The molecule has 0 unspecified atom stereocenters. The van der Waals surface area contributed by atoms with Crippen LogP contribution < -0.4 is 0 Å². The molecular formula is C13H27N. The van der Waals surface area contributed by atoms with E-state index in [2.05, 4.69) is 19.0 Å². The Morgan fingerprint density at radius 1 is 0.857 bits per heavy atom. The van der Waals surface area contributed by atoms with Gasteiger partial charge in [-0.2, -0.15) is 0 Å². The van der Waals surface area contributed by atoms with Crippen LogP contribution in [0, 0.1) is 5.92 Å². The van der Waals surface area contributed by atoms with Crippen LogP contribution in [0.15, 0.2) is 0 Å². The van der Waals surface area contributed by atoms with E-state index in [1.54, 1.807) is 0 Å². The van der Waals surface area contributed by atoms with Crippen molar-refractivity contribution in [3.05, 3.63) is 0 Å². The fourth-order valence-corrected chi connectivity index (χ4v) is 2.45. The Bertz CT molecular complexity index is 121. The maximum atomic E-state index is 2.33. The SMILES string of the molecule is CN(C)CCC1CCCCCCCC1. The Morgan fingerprint density at radius 2 is 1.36 bits per heavy atom. The molecule has 0 aromatic carbocycles. The number of hydrogen-bond donors (Lipinski definition) is 0. The highest BCUT2D eigenvalue weighted by atomic mass is 15.0. The first-order chi connectivity index (χ1) is 6.79. The van der Waals surface area contributed by atoms with Crippen molar-refractivity contribution in [3.63, 3.8) is 0 Å². The van der Waals surface area contributed by atoms with Gasteiger partial charge in [0, 0.05) is 0 Å². The van der Waals surface area contributed by atoms with Crippen molar-refractivity contribution in [1.29, 1.82) is 0 Å². The zero-order chi connectivity index (χ0) is 10.2. The maximum absolute atomic E-state index is 2.33. The summed E-state index contributed by atoms with van der Waals surface area (Å²) in [6, 6.07) is 0. The minimum atomic E-state index is 1.02. The van der Waals surface area contributed by atoms with Crippen LogP contribution in [0.4, 0.5) is 0 Å². The Labute approximate surface area is 89.9 Å². The average molecular weight is 197 g/mol. The number of hydrogen-bond acceptors (Lipinski definition) is 1. The summed E-state index contributed by atoms with van der Waals surface area (Å²) in [5.74, 6) is 1.02. The van der Waals surface area contributed by atoms with Crippen molar-refractivity contribution in [2.24, 2.45) is 5.92 Å². The summed E-state index contributed by atoms with van der Waals surface area (Å²) < 4.78 is 0. The molecule has 0 aromatic rings. The smallest absolute Gasteiger partial charge is 0.00222 e. The molecule has 0 heterocycles. The van der Waals surface area contributed by atoms with E-state index in [1.165, 1.54) is 64.3 Å². The summed E-state index contributed by atoms with van der Waals surface area (Å²) in [6.07, 6.45) is 13.3. The lowest BCUT2D eigenvalue weighted by atomic mass is 9.93. The van der Waals surface area contributed by atoms with E-state index in [-0.39, 0.29) is 0 Å². The normalized spacial score (nSPS) is 21.6. The van der Waals surface area contributed by atoms with Crippen LogP contribution in [-0.4, -0.2) is 25.5 Å². The quantitative estimate of drug-likeness (QED) is 0.667. The third-order valence-corrected chi connectivity index (χ3v) is 3.46. The van der Waals surface area contributed by atoms with Crippen molar-refractivity contribution in [1.82, 2.24) is 4.90 Å². The topological polar surface area (TPSA) is 3.24 Å². The van der Waals surface area contributed by atoms with E-state index in [9.17, 15) is 0 Å². The Balaban J connectivity index is 2.18. The second-order valence-corrected chi connectivity index (χ2v) is 5.16. The van der Waals surface area contributed by atoms with Gasteiger partial charge in [-0.3, -0.25) is 0 Å². The molecule has 0 N–H and O–H groups in total. The molecule has 0 aliphatic heterocycles. The largest absolute Gasteiger partial charge is 0.309 e. The fraction of sp³-hybridized carbons (Fsp3) is 1.00. The molecule has 1 saturated carbocycles. The van der Waals surface area contributed by atoms with Crippen LogP contribution in [0.25, 0.3) is 0 Å². The molecule has 0 saturated heterocycles. The van der Waals surface area contributed by atoms with Crippen molar-refractivity contribution < 1.29 is 0 Å². The van der Waals surface area contributed by atoms with E-state index in [1.807, 2.05) is 0 Å². The van der Waals surface area contributed by atoms with Gasteiger partial charge < -0.3 is 4.90 Å². The highest BCUT2D eigenvalue weighted by Gasteiger charge is 2.10. The molecular weight excluding hydrogens is 170 g/mol. The second-order valence-electron chi connectivity index (χ2n) is 5.16. The van der Waals surface area contributed by atoms with Crippen molar-refractivity contribution >= 4 is 0 Å². The van der Waals surface area contributed by atoms with Gasteiger partial charge >= 0.3 is 0 Å². The zero-order valence-electron chi connectivity index (χ0n) is 10.1. The molecule has 0 atom stereocenters. The lowest BCUT2D eigenvalue weighted by Crippen LogP contribution is -2.16. The van der Waals surface area contributed by atoms with Crippen LogP contribution >= 0.6 is 0 Å². The van der Waals surface area contributed by atoms with Gasteiger partial charge in [0.15, 0.2) is 0 Å². The van der Waals surface area contributed by atoms with E-state index < -0.39 is 0 Å². The van der Waals surface area contributed by atoms with Gasteiger partial charge in [0.2, 0.25) is 0 Å². The van der Waals surface area contributed by atoms with E-state index in [0.717, 1.165) is 5.92 Å². The summed E-state index contributed by atoms with van der Waals surface area (Å²) >= 11 is 0. The fourth-order valence-electron chi connectivity index (χ4n) is 2.45. The predicted octanol–water partition coefficient (Wildman–Crippen LogP) is 3.69. The monoisotopic (exact) mass is 197 g/mol. The van der Waals surface area contributed by atoms with Gasteiger partial charge in [0.25, 0.3) is 0 Å². The third-order valence-electron chi connectivity index (χ3n) is 3.46. The lowest BCUT2D eigenvalue weighted by Gasteiger charge is -2.18. The van der Waals surface area contributed by atoms with Crippen molar-refractivity contribution in [3.8, 4) is 0 Å². The van der Waals surface area contributed by atoms with E-state index in [4.69, 9.17) is 0 Å². The number of rotatable bonds is 3. The predicted molar refractivity (Wildman–Crippen MR) is 63.6 cm³/mol. The van der Waals surface area contributed by atoms with Gasteiger partial charge in [0.05, 0.1) is 0 Å². The molecule has 0 aromatic heterocycles. The number of nitrogens with zero attached hydrogens (tertiary/aromatic N) is 1. The molecule has 0 bridgehead atoms. The third kappa shape index (κ3) is 5.64. The Kier molecular flexibility index (Phi) is 6.25. The first-order valence-electron chi connectivity index (χ1n) is 6.44. The van der Waals surface area contributed by atoms with Gasteiger partial charge in [-0.05, 0) is 33.0 Å².